The Bertz CT molecular complexity index is 1400. The van der Waals surface area contributed by atoms with Crippen molar-refractivity contribution in [3.63, 3.8) is 0 Å². The van der Waals surface area contributed by atoms with Crippen molar-refractivity contribution in [3.05, 3.63) is 107 Å². The van der Waals surface area contributed by atoms with Gasteiger partial charge in [-0.1, -0.05) is 72.8 Å². The lowest BCUT2D eigenvalue weighted by atomic mass is 9.90. The Balaban J connectivity index is 1.46. The Morgan fingerprint density at radius 1 is 0.952 bits per heavy atom. The number of carboxylic acid groups (broad SMARTS) is 1. The van der Waals surface area contributed by atoms with Crippen molar-refractivity contribution in [2.24, 2.45) is 0 Å². The highest BCUT2D eigenvalue weighted by atomic mass is 19.1. The number of aliphatic carboxylic acids is 1. The minimum Gasteiger partial charge on any atom is -0.481 e. The van der Waals surface area contributed by atoms with Gasteiger partial charge in [0.15, 0.2) is 0 Å². The van der Waals surface area contributed by atoms with Crippen LogP contribution in [0.2, 0.25) is 0 Å². The fraction of sp³-hybridized carbons (Fsp3) is 0.290. The van der Waals surface area contributed by atoms with E-state index in [9.17, 15) is 28.7 Å². The van der Waals surface area contributed by atoms with Gasteiger partial charge in [-0.15, -0.1) is 0 Å². The minimum absolute atomic E-state index is 0.00876. The van der Waals surface area contributed by atoms with Crippen LogP contribution in [-0.2, 0) is 20.9 Å². The minimum atomic E-state index is -1.28. The fourth-order valence-electron chi connectivity index (χ4n) is 5.69. The van der Waals surface area contributed by atoms with E-state index in [-0.39, 0.29) is 32.1 Å². The molecule has 0 bridgehead atoms. The van der Waals surface area contributed by atoms with Gasteiger partial charge in [-0.25, -0.2) is 19.2 Å². The van der Waals surface area contributed by atoms with E-state index in [1.54, 1.807) is 24.1 Å². The molecule has 2 heterocycles. The van der Waals surface area contributed by atoms with Crippen LogP contribution in [0.25, 0.3) is 0 Å². The highest BCUT2D eigenvalue weighted by molar-refractivity contribution is 5.93. The van der Waals surface area contributed by atoms with Crippen LogP contribution in [-0.4, -0.2) is 87.6 Å². The van der Waals surface area contributed by atoms with E-state index in [1.165, 1.54) is 27.1 Å². The number of halogens is 1. The zero-order valence-corrected chi connectivity index (χ0v) is 23.1. The van der Waals surface area contributed by atoms with Gasteiger partial charge in [-0.3, -0.25) is 14.4 Å². The first kappa shape index (κ1) is 28.7. The number of likely N-dealkylation sites (N-methyl/N-ethyl adjacent to an activating group) is 1. The number of hydrogen-bond donors (Lipinski definition) is 2. The summed E-state index contributed by atoms with van der Waals surface area (Å²) in [5.41, 5.74) is 2.62. The molecule has 2 N–H and O–H groups in total. The molecule has 0 unspecified atom stereocenters. The summed E-state index contributed by atoms with van der Waals surface area (Å²) in [6.07, 6.45) is -1.52. The van der Waals surface area contributed by atoms with Crippen LogP contribution in [0.3, 0.4) is 0 Å². The lowest BCUT2D eigenvalue weighted by Gasteiger charge is -2.54. The predicted octanol–water partition coefficient (Wildman–Crippen LogP) is 2.87. The van der Waals surface area contributed by atoms with Crippen LogP contribution in [0.1, 0.15) is 29.0 Å². The van der Waals surface area contributed by atoms with Gasteiger partial charge in [0.25, 0.3) is 0 Å². The first-order valence-electron chi connectivity index (χ1n) is 13.7. The summed E-state index contributed by atoms with van der Waals surface area (Å²) in [5, 5.41) is 15.3. The number of carbonyl (C=O) groups is 4. The SMILES string of the molecule is CN1CC(=O)N2[C@@H](CC(=O)O)C(=O)N(CC(c3ccccc3)c3ccccc3)C[C@@H]2N1C(=O)NCc1ccc(F)cc1. The fourth-order valence-corrected chi connectivity index (χ4v) is 5.69. The van der Waals surface area contributed by atoms with Crippen molar-refractivity contribution in [2.75, 3.05) is 26.7 Å². The maximum atomic E-state index is 13.9. The topological polar surface area (TPSA) is 114 Å². The molecule has 3 aromatic rings. The summed E-state index contributed by atoms with van der Waals surface area (Å²) in [5.74, 6) is -2.76. The van der Waals surface area contributed by atoms with Crippen molar-refractivity contribution < 1.29 is 28.7 Å². The van der Waals surface area contributed by atoms with Gasteiger partial charge in [-0.2, -0.15) is 0 Å². The van der Waals surface area contributed by atoms with Crippen LogP contribution < -0.4 is 5.32 Å². The third-order valence-corrected chi connectivity index (χ3v) is 7.68. The van der Waals surface area contributed by atoms with E-state index < -0.39 is 48.3 Å². The van der Waals surface area contributed by atoms with Gasteiger partial charge in [0.05, 0.1) is 19.5 Å². The number of amides is 4. The number of hydrazine groups is 1. The molecule has 2 fully saturated rings. The Kier molecular flexibility index (Phi) is 8.48. The highest BCUT2D eigenvalue weighted by Crippen LogP contribution is 2.31. The number of hydrogen-bond acceptors (Lipinski definition) is 5. The molecule has 3 aromatic carbocycles. The van der Waals surface area contributed by atoms with Gasteiger partial charge in [0.2, 0.25) is 11.8 Å². The number of nitrogens with one attached hydrogen (secondary N) is 1. The molecule has 42 heavy (non-hydrogen) atoms. The van der Waals surface area contributed by atoms with Crippen molar-refractivity contribution in [2.45, 2.75) is 31.1 Å². The van der Waals surface area contributed by atoms with Crippen LogP contribution in [0.5, 0.6) is 0 Å². The van der Waals surface area contributed by atoms with Crippen molar-refractivity contribution in [1.29, 1.82) is 0 Å². The second kappa shape index (κ2) is 12.4. The number of urea groups is 1. The molecule has 5 rings (SSSR count). The van der Waals surface area contributed by atoms with E-state index in [4.69, 9.17) is 0 Å². The quantitative estimate of drug-likeness (QED) is 0.429. The summed E-state index contributed by atoms with van der Waals surface area (Å²) in [6.45, 7) is 0.108. The Morgan fingerprint density at radius 3 is 2.12 bits per heavy atom. The van der Waals surface area contributed by atoms with Crippen LogP contribution >= 0.6 is 0 Å². The Labute approximate surface area is 242 Å². The number of benzene rings is 3. The van der Waals surface area contributed by atoms with Gasteiger partial charge >= 0.3 is 12.0 Å². The average molecular weight is 574 g/mol. The van der Waals surface area contributed by atoms with E-state index in [1.807, 2.05) is 60.7 Å². The Morgan fingerprint density at radius 2 is 1.55 bits per heavy atom. The first-order chi connectivity index (χ1) is 20.2. The molecule has 0 saturated carbocycles. The van der Waals surface area contributed by atoms with E-state index in [2.05, 4.69) is 5.32 Å². The van der Waals surface area contributed by atoms with E-state index in [0.717, 1.165) is 11.1 Å². The van der Waals surface area contributed by atoms with Crippen molar-refractivity contribution in [1.82, 2.24) is 25.1 Å². The molecular formula is C31H32FN5O5. The van der Waals surface area contributed by atoms with Gasteiger partial charge in [-0.05, 0) is 28.8 Å². The van der Waals surface area contributed by atoms with E-state index in [0.29, 0.717) is 5.56 Å². The van der Waals surface area contributed by atoms with Gasteiger partial charge in [0, 0.05) is 26.1 Å². The van der Waals surface area contributed by atoms with Crippen LogP contribution in [0.4, 0.5) is 9.18 Å². The summed E-state index contributed by atoms with van der Waals surface area (Å²) < 4.78 is 13.3. The lowest BCUT2D eigenvalue weighted by molar-refractivity contribution is -0.188. The molecular weight excluding hydrogens is 541 g/mol. The predicted molar refractivity (Wildman–Crippen MR) is 151 cm³/mol. The average Bonchev–Trinajstić information content (AvgIpc) is 2.98. The number of piperazine rings is 1. The number of carboxylic acids is 1. The third-order valence-electron chi connectivity index (χ3n) is 7.68. The maximum absolute atomic E-state index is 13.9. The molecule has 0 radical (unpaired) electrons. The molecule has 0 spiro atoms. The summed E-state index contributed by atoms with van der Waals surface area (Å²) in [6, 6.07) is 23.3. The molecule has 2 saturated heterocycles. The largest absolute Gasteiger partial charge is 0.481 e. The van der Waals surface area contributed by atoms with E-state index >= 15 is 0 Å². The molecule has 0 aliphatic carbocycles. The summed E-state index contributed by atoms with van der Waals surface area (Å²) >= 11 is 0. The molecule has 10 nitrogen and oxygen atoms in total. The lowest BCUT2D eigenvalue weighted by Crippen LogP contribution is -2.76. The van der Waals surface area contributed by atoms with Crippen molar-refractivity contribution >= 4 is 23.8 Å². The second-order valence-corrected chi connectivity index (χ2v) is 10.5. The zero-order chi connectivity index (χ0) is 29.8. The molecule has 218 valence electrons. The maximum Gasteiger partial charge on any atom is 0.334 e. The molecule has 0 aromatic heterocycles. The smallest absolute Gasteiger partial charge is 0.334 e. The van der Waals surface area contributed by atoms with Crippen LogP contribution in [0, 0.1) is 5.82 Å². The third kappa shape index (κ3) is 6.10. The Hall–Kier alpha value is -4.77. The van der Waals surface area contributed by atoms with Crippen molar-refractivity contribution in [3.8, 4) is 0 Å². The second-order valence-electron chi connectivity index (χ2n) is 10.5. The molecule has 2 atom stereocenters. The molecule has 2 aliphatic rings. The number of rotatable bonds is 8. The number of carbonyl (C=O) groups excluding carboxylic acids is 3. The zero-order valence-electron chi connectivity index (χ0n) is 23.1. The summed E-state index contributed by atoms with van der Waals surface area (Å²) in [4.78, 5) is 55.3. The number of fused-ring (bicyclic) bond motifs is 1. The molecule has 11 heteroatoms. The highest BCUT2D eigenvalue weighted by Gasteiger charge is 2.51. The first-order valence-corrected chi connectivity index (χ1v) is 13.7. The standard InChI is InChI=1S/C31H32FN5O5/c1-34-20-28(38)36-26(16-29(39)40)30(41)35(18-25(22-8-4-2-5-9-22)23-10-6-3-7-11-23)19-27(36)37(34)31(42)33-17-21-12-14-24(32)15-13-21/h2-15,25-27H,16-20H2,1H3,(H,33,42)(H,39,40)/t26-,27-/m0/s1. The van der Waals surface area contributed by atoms with Gasteiger partial charge in [0.1, 0.15) is 18.0 Å². The monoisotopic (exact) mass is 573 g/mol. The summed E-state index contributed by atoms with van der Waals surface area (Å²) in [7, 11) is 1.59. The normalized spacial score (nSPS) is 19.2. The van der Waals surface area contributed by atoms with Crippen LogP contribution in [0.15, 0.2) is 84.9 Å². The molecule has 2 aliphatic heterocycles. The number of nitrogens with zero attached hydrogens (tertiary/aromatic N) is 4. The molecule has 4 amide bonds. The van der Waals surface area contributed by atoms with Gasteiger partial charge < -0.3 is 20.2 Å².